The van der Waals surface area contributed by atoms with Crippen molar-refractivity contribution in [1.29, 1.82) is 5.26 Å². The van der Waals surface area contributed by atoms with Crippen LogP contribution in [0.3, 0.4) is 0 Å². The van der Waals surface area contributed by atoms with Gasteiger partial charge in [0.2, 0.25) is 0 Å². The predicted octanol–water partition coefficient (Wildman–Crippen LogP) is 3.12. The van der Waals surface area contributed by atoms with E-state index in [1.54, 1.807) is 13.8 Å². The highest BCUT2D eigenvalue weighted by molar-refractivity contribution is 7.92. The summed E-state index contributed by atoms with van der Waals surface area (Å²) in [5, 5.41) is 8.85. The van der Waals surface area contributed by atoms with Crippen LogP contribution in [0.4, 0.5) is 10.1 Å². The molecular formula is C15H13FN2O2S. The predicted molar refractivity (Wildman–Crippen MR) is 77.8 cm³/mol. The average Bonchev–Trinajstić information content (AvgIpc) is 2.42. The number of nitriles is 1. The van der Waals surface area contributed by atoms with Crippen LogP contribution < -0.4 is 4.72 Å². The van der Waals surface area contributed by atoms with Crippen LogP contribution in [0.5, 0.6) is 0 Å². The molecule has 2 rings (SSSR count). The molecule has 0 saturated heterocycles. The van der Waals surface area contributed by atoms with E-state index >= 15 is 0 Å². The number of rotatable bonds is 3. The zero-order valence-corrected chi connectivity index (χ0v) is 12.3. The summed E-state index contributed by atoms with van der Waals surface area (Å²) in [6.45, 7) is 3.22. The number of sulfonamides is 1. The van der Waals surface area contributed by atoms with Gasteiger partial charge in [0.15, 0.2) is 0 Å². The summed E-state index contributed by atoms with van der Waals surface area (Å²) in [6.07, 6.45) is 0. The van der Waals surface area contributed by atoms with Crippen molar-refractivity contribution < 1.29 is 12.8 Å². The molecule has 0 aliphatic heterocycles. The van der Waals surface area contributed by atoms with Gasteiger partial charge in [0.05, 0.1) is 16.5 Å². The third kappa shape index (κ3) is 3.20. The topological polar surface area (TPSA) is 70.0 Å². The molecule has 1 N–H and O–H groups in total. The van der Waals surface area contributed by atoms with Crippen LogP contribution >= 0.6 is 0 Å². The highest BCUT2D eigenvalue weighted by atomic mass is 32.2. The maximum absolute atomic E-state index is 13.2. The largest absolute Gasteiger partial charge is 0.280 e. The maximum Gasteiger partial charge on any atom is 0.261 e. The van der Waals surface area contributed by atoms with E-state index in [0.29, 0.717) is 16.7 Å². The molecule has 6 heteroatoms. The zero-order chi connectivity index (χ0) is 15.6. The molecule has 0 heterocycles. The van der Waals surface area contributed by atoms with Crippen molar-refractivity contribution in [2.45, 2.75) is 18.7 Å². The number of nitrogens with one attached hydrogen (secondary N) is 1. The monoisotopic (exact) mass is 304 g/mol. The van der Waals surface area contributed by atoms with E-state index in [4.69, 9.17) is 5.26 Å². The molecule has 21 heavy (non-hydrogen) atoms. The summed E-state index contributed by atoms with van der Waals surface area (Å²) < 4.78 is 40.1. The van der Waals surface area contributed by atoms with E-state index in [1.165, 1.54) is 36.4 Å². The Morgan fingerprint density at radius 2 is 1.81 bits per heavy atom. The zero-order valence-electron chi connectivity index (χ0n) is 11.5. The number of aryl methyl sites for hydroxylation is 2. The minimum Gasteiger partial charge on any atom is -0.280 e. The van der Waals surface area contributed by atoms with E-state index in [9.17, 15) is 12.8 Å². The lowest BCUT2D eigenvalue weighted by molar-refractivity contribution is 0.600. The summed E-state index contributed by atoms with van der Waals surface area (Å²) in [6, 6.07) is 10.2. The van der Waals surface area contributed by atoms with Gasteiger partial charge >= 0.3 is 0 Å². The first-order chi connectivity index (χ1) is 9.83. The Bertz CT molecular complexity index is 839. The van der Waals surface area contributed by atoms with E-state index in [1.807, 2.05) is 6.07 Å². The van der Waals surface area contributed by atoms with Crippen LogP contribution in [0, 0.1) is 31.0 Å². The van der Waals surface area contributed by atoms with Gasteiger partial charge in [0.25, 0.3) is 10.0 Å². The molecule has 2 aromatic carbocycles. The molecule has 0 atom stereocenters. The quantitative estimate of drug-likeness (QED) is 0.947. The third-order valence-corrected chi connectivity index (χ3v) is 4.42. The molecule has 0 bridgehead atoms. The minimum atomic E-state index is -3.77. The van der Waals surface area contributed by atoms with Crippen molar-refractivity contribution in [2.24, 2.45) is 0 Å². The molecular weight excluding hydrogens is 291 g/mol. The standard InChI is InChI=1S/C15H13FN2O2S/c1-10-8-14(5-3-12(10)9-17)21(19,20)18-13-4-6-15(16)11(2)7-13/h3-8,18H,1-2H3. The first-order valence-corrected chi connectivity index (χ1v) is 7.61. The van der Waals surface area contributed by atoms with Gasteiger partial charge in [0, 0.05) is 5.69 Å². The van der Waals surface area contributed by atoms with Gasteiger partial charge < -0.3 is 0 Å². The van der Waals surface area contributed by atoms with E-state index < -0.39 is 15.8 Å². The van der Waals surface area contributed by atoms with Crippen LogP contribution in [-0.2, 0) is 10.0 Å². The summed E-state index contributed by atoms with van der Waals surface area (Å²) in [4.78, 5) is 0.0565. The van der Waals surface area contributed by atoms with Crippen molar-refractivity contribution in [3.05, 3.63) is 58.9 Å². The van der Waals surface area contributed by atoms with Crippen LogP contribution in [-0.4, -0.2) is 8.42 Å². The molecule has 0 aliphatic carbocycles. The summed E-state index contributed by atoms with van der Waals surface area (Å²) in [5.41, 5.74) is 1.64. The molecule has 0 aromatic heterocycles. The number of hydrogen-bond acceptors (Lipinski definition) is 3. The SMILES string of the molecule is Cc1cc(NS(=O)(=O)c2ccc(C#N)c(C)c2)ccc1F. The lowest BCUT2D eigenvalue weighted by atomic mass is 10.1. The van der Waals surface area contributed by atoms with Crippen LogP contribution in [0.25, 0.3) is 0 Å². The molecule has 0 saturated carbocycles. The van der Waals surface area contributed by atoms with E-state index in [2.05, 4.69) is 4.72 Å². The Kier molecular flexibility index (Phi) is 3.96. The molecule has 0 spiro atoms. The smallest absolute Gasteiger partial charge is 0.261 e. The number of nitrogens with zero attached hydrogens (tertiary/aromatic N) is 1. The fourth-order valence-corrected chi connectivity index (χ4v) is 2.99. The minimum absolute atomic E-state index is 0.0565. The molecule has 0 unspecified atom stereocenters. The molecule has 108 valence electrons. The van der Waals surface area contributed by atoms with Crippen LogP contribution in [0.1, 0.15) is 16.7 Å². The van der Waals surface area contributed by atoms with Gasteiger partial charge in [-0.25, -0.2) is 12.8 Å². The van der Waals surface area contributed by atoms with Gasteiger partial charge in [-0.3, -0.25) is 4.72 Å². The molecule has 4 nitrogen and oxygen atoms in total. The Morgan fingerprint density at radius 3 is 2.38 bits per heavy atom. The second-order valence-corrected chi connectivity index (χ2v) is 6.34. The highest BCUT2D eigenvalue weighted by Gasteiger charge is 2.15. The fraction of sp³-hybridized carbons (Fsp3) is 0.133. The van der Waals surface area contributed by atoms with Gasteiger partial charge in [-0.05, 0) is 61.4 Å². The fourth-order valence-electron chi connectivity index (χ4n) is 1.85. The van der Waals surface area contributed by atoms with Crippen molar-refractivity contribution in [3.63, 3.8) is 0 Å². The third-order valence-electron chi connectivity index (χ3n) is 3.04. The highest BCUT2D eigenvalue weighted by Crippen LogP contribution is 2.20. The second kappa shape index (κ2) is 5.54. The Labute approximate surface area is 122 Å². The summed E-state index contributed by atoms with van der Waals surface area (Å²) in [5.74, 6) is -0.396. The summed E-state index contributed by atoms with van der Waals surface area (Å²) in [7, 11) is -3.77. The molecule has 0 aliphatic rings. The lowest BCUT2D eigenvalue weighted by Crippen LogP contribution is -2.13. The van der Waals surface area contributed by atoms with Gasteiger partial charge in [-0.1, -0.05) is 0 Å². The second-order valence-electron chi connectivity index (χ2n) is 4.66. The van der Waals surface area contributed by atoms with E-state index in [0.717, 1.165) is 0 Å². The Balaban J connectivity index is 2.36. The van der Waals surface area contributed by atoms with Crippen molar-refractivity contribution in [3.8, 4) is 6.07 Å². The van der Waals surface area contributed by atoms with Crippen molar-refractivity contribution >= 4 is 15.7 Å². The molecule has 0 fully saturated rings. The van der Waals surface area contributed by atoms with E-state index in [-0.39, 0.29) is 10.6 Å². The first kappa shape index (κ1) is 15.0. The molecule has 0 amide bonds. The number of benzene rings is 2. The lowest BCUT2D eigenvalue weighted by Gasteiger charge is -2.10. The molecule has 0 radical (unpaired) electrons. The van der Waals surface area contributed by atoms with Crippen molar-refractivity contribution in [2.75, 3.05) is 4.72 Å². The normalized spacial score (nSPS) is 11.0. The first-order valence-electron chi connectivity index (χ1n) is 6.13. The Hall–Kier alpha value is -2.39. The summed E-state index contributed by atoms with van der Waals surface area (Å²) >= 11 is 0. The number of hydrogen-bond donors (Lipinski definition) is 1. The maximum atomic E-state index is 13.2. The van der Waals surface area contributed by atoms with Crippen LogP contribution in [0.2, 0.25) is 0 Å². The molecule has 2 aromatic rings. The van der Waals surface area contributed by atoms with Gasteiger partial charge in [0.1, 0.15) is 5.82 Å². The number of halogens is 1. The average molecular weight is 304 g/mol. The van der Waals surface area contributed by atoms with Crippen LogP contribution in [0.15, 0.2) is 41.3 Å². The van der Waals surface area contributed by atoms with Crippen molar-refractivity contribution in [1.82, 2.24) is 0 Å². The Morgan fingerprint density at radius 1 is 1.10 bits per heavy atom. The number of anilines is 1. The van der Waals surface area contributed by atoms with Gasteiger partial charge in [-0.15, -0.1) is 0 Å². The van der Waals surface area contributed by atoms with Gasteiger partial charge in [-0.2, -0.15) is 5.26 Å².